The van der Waals surface area contributed by atoms with Crippen molar-refractivity contribution in [1.82, 2.24) is 24.8 Å². The predicted molar refractivity (Wildman–Crippen MR) is 147 cm³/mol. The van der Waals surface area contributed by atoms with Gasteiger partial charge in [0.25, 0.3) is 0 Å². The van der Waals surface area contributed by atoms with Gasteiger partial charge in [-0.15, -0.1) is 5.10 Å². The SMILES string of the molecule is COC(=O)c1cnn(-c2cccc(N3CCC[C@H](CCC4CCCCC4)C3)c2)c1[C@@H]1C[C@H]1c1cn(C)nn1. The highest BCUT2D eigenvalue weighted by Crippen LogP contribution is 2.55. The molecule has 38 heavy (non-hydrogen) atoms. The molecule has 0 spiro atoms. The number of methoxy groups -OCH3 is 1. The van der Waals surface area contributed by atoms with Crippen LogP contribution in [-0.2, 0) is 11.8 Å². The molecular formula is C30H40N6O2. The lowest BCUT2D eigenvalue weighted by atomic mass is 9.82. The number of esters is 1. The van der Waals surface area contributed by atoms with Crippen molar-refractivity contribution in [3.8, 4) is 5.69 Å². The lowest BCUT2D eigenvalue weighted by Gasteiger charge is -2.35. The molecule has 8 nitrogen and oxygen atoms in total. The summed E-state index contributed by atoms with van der Waals surface area (Å²) in [6.07, 6.45) is 17.1. The van der Waals surface area contributed by atoms with Gasteiger partial charge in [-0.3, -0.25) is 4.68 Å². The van der Waals surface area contributed by atoms with Crippen LogP contribution in [0.1, 0.15) is 97.8 Å². The first-order chi connectivity index (χ1) is 18.6. The first-order valence-corrected chi connectivity index (χ1v) is 14.5. The summed E-state index contributed by atoms with van der Waals surface area (Å²) in [6.45, 7) is 2.23. The van der Waals surface area contributed by atoms with Crippen LogP contribution in [0.25, 0.3) is 5.69 Å². The Morgan fingerprint density at radius 3 is 2.61 bits per heavy atom. The minimum absolute atomic E-state index is 0.158. The summed E-state index contributed by atoms with van der Waals surface area (Å²) in [5, 5.41) is 13.1. The number of rotatable bonds is 8. The quantitative estimate of drug-likeness (QED) is 0.361. The summed E-state index contributed by atoms with van der Waals surface area (Å²) >= 11 is 0. The number of hydrogen-bond acceptors (Lipinski definition) is 6. The second kappa shape index (κ2) is 10.9. The topological polar surface area (TPSA) is 78.1 Å². The summed E-state index contributed by atoms with van der Waals surface area (Å²) < 4.78 is 8.79. The van der Waals surface area contributed by atoms with E-state index in [4.69, 9.17) is 4.74 Å². The minimum Gasteiger partial charge on any atom is -0.465 e. The van der Waals surface area contributed by atoms with E-state index in [1.165, 1.54) is 70.6 Å². The highest BCUT2D eigenvalue weighted by Gasteiger charge is 2.46. The molecule has 1 aromatic carbocycles. The van der Waals surface area contributed by atoms with Gasteiger partial charge in [0, 0.05) is 43.9 Å². The van der Waals surface area contributed by atoms with Crippen LogP contribution < -0.4 is 4.90 Å². The molecule has 202 valence electrons. The van der Waals surface area contributed by atoms with E-state index in [9.17, 15) is 4.79 Å². The van der Waals surface area contributed by atoms with Gasteiger partial charge in [-0.1, -0.05) is 49.8 Å². The average molecular weight is 517 g/mol. The molecule has 6 rings (SSSR count). The molecule has 2 aromatic heterocycles. The van der Waals surface area contributed by atoms with Crippen molar-refractivity contribution < 1.29 is 9.53 Å². The monoisotopic (exact) mass is 516 g/mol. The fraction of sp³-hybridized carbons (Fsp3) is 0.600. The van der Waals surface area contributed by atoms with Crippen molar-refractivity contribution in [1.29, 1.82) is 0 Å². The van der Waals surface area contributed by atoms with Gasteiger partial charge in [0.1, 0.15) is 5.56 Å². The highest BCUT2D eigenvalue weighted by molar-refractivity contribution is 5.91. The maximum Gasteiger partial charge on any atom is 0.341 e. The molecule has 0 bridgehead atoms. The van der Waals surface area contributed by atoms with Crippen LogP contribution in [0.3, 0.4) is 0 Å². The molecule has 2 aliphatic carbocycles. The first-order valence-electron chi connectivity index (χ1n) is 14.5. The Balaban J connectivity index is 1.21. The van der Waals surface area contributed by atoms with Gasteiger partial charge in [-0.25, -0.2) is 9.48 Å². The number of benzene rings is 1. The number of carbonyl (C=O) groups is 1. The fourth-order valence-corrected chi connectivity index (χ4v) is 6.85. The number of hydrogen-bond donors (Lipinski definition) is 0. The van der Waals surface area contributed by atoms with Gasteiger partial charge >= 0.3 is 5.97 Å². The normalized spacial score (nSPS) is 23.9. The van der Waals surface area contributed by atoms with Crippen molar-refractivity contribution in [2.24, 2.45) is 18.9 Å². The Kier molecular flexibility index (Phi) is 7.22. The van der Waals surface area contributed by atoms with Gasteiger partial charge < -0.3 is 9.64 Å². The van der Waals surface area contributed by atoms with E-state index in [-0.39, 0.29) is 17.8 Å². The molecule has 3 aliphatic rings. The Bertz CT molecular complexity index is 1260. The van der Waals surface area contributed by atoms with E-state index in [0.29, 0.717) is 5.56 Å². The standard InChI is InChI=1S/C30H40N6O2/c1-34-20-28(32-33-34)25-17-26(25)29-27(30(37)38-2)18-31-36(29)24-12-6-11-23(16-24)35-15-7-10-22(19-35)14-13-21-8-4-3-5-9-21/h6,11-12,16,18,20-22,25-26H,3-5,7-10,13-15,17,19H2,1-2H3/t22-,25-,26-/m1/s1. The number of anilines is 1. The van der Waals surface area contributed by atoms with Gasteiger partial charge in [0.2, 0.25) is 0 Å². The molecule has 0 unspecified atom stereocenters. The molecule has 0 radical (unpaired) electrons. The lowest BCUT2D eigenvalue weighted by molar-refractivity contribution is 0.0599. The number of piperidine rings is 1. The summed E-state index contributed by atoms with van der Waals surface area (Å²) in [6, 6.07) is 8.66. The maximum atomic E-state index is 12.7. The largest absolute Gasteiger partial charge is 0.465 e. The van der Waals surface area contributed by atoms with Crippen molar-refractivity contribution in [3.63, 3.8) is 0 Å². The third kappa shape index (κ3) is 5.22. The fourth-order valence-electron chi connectivity index (χ4n) is 6.85. The molecule has 1 saturated heterocycles. The van der Waals surface area contributed by atoms with Crippen LogP contribution in [0.2, 0.25) is 0 Å². The van der Waals surface area contributed by atoms with Gasteiger partial charge in [-0.05, 0) is 55.7 Å². The molecular weight excluding hydrogens is 476 g/mol. The van der Waals surface area contributed by atoms with E-state index in [1.54, 1.807) is 10.9 Å². The Morgan fingerprint density at radius 1 is 1.03 bits per heavy atom. The van der Waals surface area contributed by atoms with Crippen LogP contribution in [-0.4, -0.2) is 50.9 Å². The highest BCUT2D eigenvalue weighted by atomic mass is 16.5. The number of aromatic nitrogens is 5. The number of nitrogens with zero attached hydrogens (tertiary/aromatic N) is 6. The molecule has 8 heteroatoms. The molecule has 1 aliphatic heterocycles. The molecule has 3 atom stereocenters. The Labute approximate surface area is 225 Å². The smallest absolute Gasteiger partial charge is 0.341 e. The van der Waals surface area contributed by atoms with E-state index >= 15 is 0 Å². The summed E-state index contributed by atoms with van der Waals surface area (Å²) in [5.41, 5.74) is 4.64. The second-order valence-corrected chi connectivity index (χ2v) is 11.7. The van der Waals surface area contributed by atoms with Crippen molar-refractivity contribution >= 4 is 11.7 Å². The van der Waals surface area contributed by atoms with E-state index < -0.39 is 0 Å². The lowest BCUT2D eigenvalue weighted by Crippen LogP contribution is -2.35. The van der Waals surface area contributed by atoms with Crippen LogP contribution in [0.4, 0.5) is 5.69 Å². The third-order valence-electron chi connectivity index (χ3n) is 9.02. The molecule has 3 aromatic rings. The number of carbonyl (C=O) groups excluding carboxylic acids is 1. The summed E-state index contributed by atoms with van der Waals surface area (Å²) in [7, 11) is 3.31. The molecule has 2 saturated carbocycles. The van der Waals surface area contributed by atoms with Crippen molar-refractivity contribution in [3.05, 3.63) is 53.6 Å². The Hall–Kier alpha value is -3.16. The molecule has 0 N–H and O–H groups in total. The summed E-state index contributed by atoms with van der Waals surface area (Å²) in [4.78, 5) is 15.2. The van der Waals surface area contributed by atoms with Gasteiger partial charge in [0.15, 0.2) is 0 Å². The van der Waals surface area contributed by atoms with Crippen LogP contribution >= 0.6 is 0 Å². The van der Waals surface area contributed by atoms with Crippen molar-refractivity contribution in [2.45, 2.75) is 76.0 Å². The zero-order valence-electron chi connectivity index (χ0n) is 22.8. The van der Waals surface area contributed by atoms with Crippen molar-refractivity contribution in [2.75, 3.05) is 25.1 Å². The Morgan fingerprint density at radius 2 is 1.82 bits per heavy atom. The van der Waals surface area contributed by atoms with Crippen LogP contribution in [0.15, 0.2) is 36.7 Å². The molecule has 3 fully saturated rings. The van der Waals surface area contributed by atoms with E-state index in [1.807, 2.05) is 17.9 Å². The number of aryl methyl sites for hydroxylation is 1. The second-order valence-electron chi connectivity index (χ2n) is 11.7. The van der Waals surface area contributed by atoms with E-state index in [2.05, 4.69) is 44.6 Å². The van der Waals surface area contributed by atoms with Gasteiger partial charge in [-0.2, -0.15) is 5.10 Å². The zero-order chi connectivity index (χ0) is 26.1. The number of ether oxygens (including phenoxy) is 1. The molecule has 3 heterocycles. The van der Waals surface area contributed by atoms with Gasteiger partial charge in [0.05, 0.1) is 30.4 Å². The van der Waals surface area contributed by atoms with Crippen LogP contribution in [0, 0.1) is 11.8 Å². The van der Waals surface area contributed by atoms with Crippen LogP contribution in [0.5, 0.6) is 0 Å². The predicted octanol–water partition coefficient (Wildman–Crippen LogP) is 5.64. The maximum absolute atomic E-state index is 12.7. The first kappa shape index (κ1) is 25.1. The van der Waals surface area contributed by atoms with E-state index in [0.717, 1.165) is 48.4 Å². The third-order valence-corrected chi connectivity index (χ3v) is 9.02. The summed E-state index contributed by atoms with van der Waals surface area (Å²) in [5.74, 6) is 1.78. The molecule has 0 amide bonds. The average Bonchev–Trinajstić information content (AvgIpc) is 3.41. The minimum atomic E-state index is -0.343. The zero-order valence-corrected chi connectivity index (χ0v) is 22.8.